The molecule has 3 rings (SSSR count). The van der Waals surface area contributed by atoms with Gasteiger partial charge in [0.05, 0.1) is 24.5 Å². The molecule has 0 saturated heterocycles. The maximum Gasteiger partial charge on any atom is 0.350 e. The van der Waals surface area contributed by atoms with E-state index in [4.69, 9.17) is 9.47 Å². The lowest BCUT2D eigenvalue weighted by molar-refractivity contribution is -0.121. The Hall–Kier alpha value is -3.53. The van der Waals surface area contributed by atoms with Gasteiger partial charge in [-0.25, -0.2) is 14.6 Å². The second kappa shape index (κ2) is 10.4. The molecule has 0 N–H and O–H groups in total. The zero-order valence-electron chi connectivity index (χ0n) is 19.2. The van der Waals surface area contributed by atoms with E-state index in [2.05, 4.69) is 10.1 Å². The lowest BCUT2D eigenvalue weighted by atomic mass is 10.2. The summed E-state index contributed by atoms with van der Waals surface area (Å²) in [6, 6.07) is 9.36. The predicted octanol–water partition coefficient (Wildman–Crippen LogP) is 3.37. The Morgan fingerprint density at radius 1 is 1.03 bits per heavy atom. The molecule has 0 radical (unpaired) electrons. The van der Waals surface area contributed by atoms with Crippen molar-refractivity contribution in [2.45, 2.75) is 34.2 Å². The van der Waals surface area contributed by atoms with Crippen LogP contribution in [0.25, 0.3) is 0 Å². The summed E-state index contributed by atoms with van der Waals surface area (Å²) in [4.78, 5) is 44.2. The monoisotopic (exact) mass is 470 g/mol. The molecule has 0 aliphatic carbocycles. The van der Waals surface area contributed by atoms with Crippen molar-refractivity contribution >= 4 is 34.3 Å². The molecule has 9 nitrogen and oxygen atoms in total. The highest BCUT2D eigenvalue weighted by molar-refractivity contribution is 7.17. The van der Waals surface area contributed by atoms with Crippen LogP contribution in [0.15, 0.2) is 30.3 Å². The summed E-state index contributed by atoms with van der Waals surface area (Å²) in [5.41, 5.74) is 2.86. The van der Waals surface area contributed by atoms with Gasteiger partial charge >= 0.3 is 11.9 Å². The van der Waals surface area contributed by atoms with Crippen molar-refractivity contribution in [2.24, 2.45) is 7.05 Å². The third-order valence-corrected chi connectivity index (χ3v) is 6.16. The molecule has 0 aliphatic rings. The second-order valence-electron chi connectivity index (χ2n) is 7.34. The van der Waals surface area contributed by atoms with E-state index in [0.29, 0.717) is 32.7 Å². The topological polar surface area (TPSA) is 104 Å². The van der Waals surface area contributed by atoms with E-state index in [-0.39, 0.29) is 13.2 Å². The Kier molecular flexibility index (Phi) is 7.59. The first kappa shape index (κ1) is 24.1. The number of hydrogen-bond donors (Lipinski definition) is 0. The third-order valence-electron chi connectivity index (χ3n) is 5.00. The summed E-state index contributed by atoms with van der Waals surface area (Å²) in [5, 5.41) is 4.54. The standard InChI is InChI=1S/C23H26N4O5S/c1-6-31-22(30)20-15(3)24-23(33-20)27(12-17-10-8-7-9-11-17)18(28)13-32-21(29)19-14(2)25-26(5)16(19)4/h7-11H,6,12-13H2,1-5H3. The van der Waals surface area contributed by atoms with E-state index in [1.165, 1.54) is 4.90 Å². The fraction of sp³-hybridized carbons (Fsp3) is 0.348. The fourth-order valence-corrected chi connectivity index (χ4v) is 4.24. The van der Waals surface area contributed by atoms with Crippen molar-refractivity contribution in [3.8, 4) is 0 Å². The molecular weight excluding hydrogens is 444 g/mol. The molecule has 1 amide bonds. The van der Waals surface area contributed by atoms with Crippen LogP contribution in [-0.4, -0.2) is 45.8 Å². The van der Waals surface area contributed by atoms with Crippen LogP contribution in [0.5, 0.6) is 0 Å². The molecule has 10 heteroatoms. The maximum atomic E-state index is 13.2. The largest absolute Gasteiger partial charge is 0.462 e. The first-order chi connectivity index (χ1) is 15.7. The number of esters is 2. The maximum absolute atomic E-state index is 13.2. The Balaban J connectivity index is 1.83. The van der Waals surface area contributed by atoms with Gasteiger partial charge in [-0.1, -0.05) is 41.7 Å². The SMILES string of the molecule is CCOC(=O)c1sc(N(Cc2ccccc2)C(=O)COC(=O)c2c(C)nn(C)c2C)nc1C. The van der Waals surface area contributed by atoms with Gasteiger partial charge in [0, 0.05) is 12.7 Å². The minimum atomic E-state index is -0.617. The van der Waals surface area contributed by atoms with E-state index < -0.39 is 24.5 Å². The van der Waals surface area contributed by atoms with Gasteiger partial charge in [-0.15, -0.1) is 0 Å². The lowest BCUT2D eigenvalue weighted by Crippen LogP contribution is -2.34. The van der Waals surface area contributed by atoms with Crippen LogP contribution in [0, 0.1) is 20.8 Å². The average Bonchev–Trinajstić information content (AvgIpc) is 3.29. The van der Waals surface area contributed by atoms with Gasteiger partial charge in [-0.3, -0.25) is 14.4 Å². The minimum Gasteiger partial charge on any atom is -0.462 e. The third kappa shape index (κ3) is 5.46. The van der Waals surface area contributed by atoms with E-state index in [1.54, 1.807) is 39.4 Å². The first-order valence-corrected chi connectivity index (χ1v) is 11.2. The Labute approximate surface area is 195 Å². The van der Waals surface area contributed by atoms with Crippen molar-refractivity contribution < 1.29 is 23.9 Å². The van der Waals surface area contributed by atoms with E-state index in [9.17, 15) is 14.4 Å². The van der Waals surface area contributed by atoms with Crippen LogP contribution in [0.1, 0.15) is 49.6 Å². The van der Waals surface area contributed by atoms with Gasteiger partial charge < -0.3 is 9.47 Å². The number of anilines is 1. The van der Waals surface area contributed by atoms with Crippen molar-refractivity contribution in [2.75, 3.05) is 18.1 Å². The number of aryl methyl sites for hydroxylation is 3. The zero-order valence-corrected chi connectivity index (χ0v) is 20.1. The van der Waals surface area contributed by atoms with E-state index in [0.717, 1.165) is 16.9 Å². The molecule has 174 valence electrons. The number of ether oxygens (including phenoxy) is 2. The van der Waals surface area contributed by atoms with Gasteiger partial charge in [0.25, 0.3) is 5.91 Å². The highest BCUT2D eigenvalue weighted by Gasteiger charge is 2.26. The van der Waals surface area contributed by atoms with Crippen molar-refractivity contribution in [3.63, 3.8) is 0 Å². The molecule has 0 atom stereocenters. The molecular formula is C23H26N4O5S. The first-order valence-electron chi connectivity index (χ1n) is 10.4. The van der Waals surface area contributed by atoms with Crippen LogP contribution in [-0.2, 0) is 27.9 Å². The molecule has 2 aromatic heterocycles. The highest BCUT2D eigenvalue weighted by Crippen LogP contribution is 2.28. The molecule has 0 aliphatic heterocycles. The fourth-order valence-electron chi connectivity index (χ4n) is 3.26. The molecule has 0 fully saturated rings. The molecule has 33 heavy (non-hydrogen) atoms. The molecule has 1 aromatic carbocycles. The number of benzene rings is 1. The van der Waals surface area contributed by atoms with Gasteiger partial charge in [-0.2, -0.15) is 5.10 Å². The van der Waals surface area contributed by atoms with Crippen molar-refractivity contribution in [1.29, 1.82) is 0 Å². The molecule has 0 unspecified atom stereocenters. The van der Waals surface area contributed by atoms with Crippen molar-refractivity contribution in [1.82, 2.24) is 14.8 Å². The quantitative estimate of drug-likeness (QED) is 0.465. The van der Waals surface area contributed by atoms with Gasteiger partial charge in [-0.05, 0) is 33.3 Å². The summed E-state index contributed by atoms with van der Waals surface area (Å²) in [6.07, 6.45) is 0. The van der Waals surface area contributed by atoms with E-state index in [1.807, 2.05) is 30.3 Å². The second-order valence-corrected chi connectivity index (χ2v) is 8.32. The number of aromatic nitrogens is 3. The van der Waals surface area contributed by atoms with Crippen LogP contribution in [0.2, 0.25) is 0 Å². The summed E-state index contributed by atoms with van der Waals surface area (Å²) in [7, 11) is 1.73. The number of nitrogens with zero attached hydrogens (tertiary/aromatic N) is 4. The Morgan fingerprint density at radius 3 is 2.33 bits per heavy atom. The summed E-state index contributed by atoms with van der Waals surface area (Å²) in [5.74, 6) is -1.57. The minimum absolute atomic E-state index is 0.206. The molecule has 0 bridgehead atoms. The number of carbonyl (C=O) groups is 3. The predicted molar refractivity (Wildman–Crippen MR) is 123 cm³/mol. The number of rotatable bonds is 8. The zero-order chi connectivity index (χ0) is 24.1. The van der Waals surface area contributed by atoms with Gasteiger partial charge in [0.1, 0.15) is 10.4 Å². The summed E-state index contributed by atoms with van der Waals surface area (Å²) < 4.78 is 12.0. The number of hydrogen-bond acceptors (Lipinski definition) is 8. The number of amides is 1. The molecule has 2 heterocycles. The molecule has 3 aromatic rings. The molecule has 0 spiro atoms. The summed E-state index contributed by atoms with van der Waals surface area (Å²) in [6.45, 7) is 6.84. The van der Waals surface area contributed by atoms with Crippen molar-refractivity contribution in [3.05, 3.63) is 63.4 Å². The number of carbonyl (C=O) groups excluding carboxylic acids is 3. The normalized spacial score (nSPS) is 10.7. The lowest BCUT2D eigenvalue weighted by Gasteiger charge is -2.20. The number of thiazole rings is 1. The smallest absolute Gasteiger partial charge is 0.350 e. The Morgan fingerprint density at radius 2 is 1.73 bits per heavy atom. The average molecular weight is 471 g/mol. The highest BCUT2D eigenvalue weighted by atomic mass is 32.1. The Bertz CT molecular complexity index is 1170. The van der Waals surface area contributed by atoms with Crippen LogP contribution in [0.3, 0.4) is 0 Å². The van der Waals surface area contributed by atoms with E-state index >= 15 is 0 Å². The van der Waals surface area contributed by atoms with Crippen LogP contribution >= 0.6 is 11.3 Å². The van der Waals surface area contributed by atoms with Gasteiger partial charge in [0.15, 0.2) is 11.7 Å². The van der Waals surface area contributed by atoms with Crippen LogP contribution in [0.4, 0.5) is 5.13 Å². The van der Waals surface area contributed by atoms with Crippen LogP contribution < -0.4 is 4.90 Å². The van der Waals surface area contributed by atoms with Gasteiger partial charge in [0.2, 0.25) is 0 Å². The molecule has 0 saturated carbocycles. The summed E-state index contributed by atoms with van der Waals surface area (Å²) >= 11 is 1.07.